The Balaban J connectivity index is 2.54. The van der Waals surface area contributed by atoms with Crippen LogP contribution in [0.5, 0.6) is 0 Å². The molecule has 0 atom stereocenters. The molecule has 1 aliphatic rings. The summed E-state index contributed by atoms with van der Waals surface area (Å²) < 4.78 is 1.37. The van der Waals surface area contributed by atoms with Gasteiger partial charge < -0.3 is 0 Å². The average molecular weight is 175 g/mol. The Morgan fingerprint density at radius 3 is 3.23 bits per heavy atom. The van der Waals surface area contributed by atoms with E-state index in [0.29, 0.717) is 0 Å². The third kappa shape index (κ3) is 1.22. The lowest BCUT2D eigenvalue weighted by molar-refractivity contribution is 0.744. The van der Waals surface area contributed by atoms with Crippen molar-refractivity contribution in [2.75, 3.05) is 0 Å². The van der Waals surface area contributed by atoms with Crippen molar-refractivity contribution < 1.29 is 0 Å². The Morgan fingerprint density at radius 1 is 1.62 bits per heavy atom. The Labute approximate surface area is 75.5 Å². The first-order valence-corrected chi connectivity index (χ1v) is 4.27. The second-order valence-corrected chi connectivity index (χ2v) is 3.11. The van der Waals surface area contributed by atoms with E-state index in [2.05, 4.69) is 4.98 Å². The molecular weight excluding hydrogens is 166 g/mol. The number of hydrogen-bond acceptors (Lipinski definition) is 3. The molecule has 13 heavy (non-hydrogen) atoms. The minimum Gasteiger partial charge on any atom is -0.285 e. The van der Waals surface area contributed by atoms with Crippen LogP contribution in [0.15, 0.2) is 11.1 Å². The second kappa shape index (κ2) is 3.02. The average Bonchev–Trinajstić information content (AvgIpc) is 2.58. The molecule has 0 unspecified atom stereocenters. The third-order valence-electron chi connectivity index (χ3n) is 2.30. The SMILES string of the molecule is N#CCn1cnc2c(c1=O)CCC2. The molecule has 0 amide bonds. The zero-order chi connectivity index (χ0) is 9.26. The number of nitriles is 1. The molecule has 0 N–H and O–H groups in total. The van der Waals surface area contributed by atoms with Crippen molar-refractivity contribution in [3.63, 3.8) is 0 Å². The van der Waals surface area contributed by atoms with Gasteiger partial charge in [-0.25, -0.2) is 4.98 Å². The van der Waals surface area contributed by atoms with Crippen LogP contribution in [-0.4, -0.2) is 9.55 Å². The van der Waals surface area contributed by atoms with Crippen LogP contribution in [0.2, 0.25) is 0 Å². The highest BCUT2D eigenvalue weighted by Gasteiger charge is 2.16. The minimum atomic E-state index is -0.0379. The van der Waals surface area contributed by atoms with E-state index in [1.54, 1.807) is 0 Å². The maximum atomic E-state index is 11.6. The summed E-state index contributed by atoms with van der Waals surface area (Å²) in [4.78, 5) is 15.8. The van der Waals surface area contributed by atoms with Gasteiger partial charge >= 0.3 is 0 Å². The van der Waals surface area contributed by atoms with Crippen LogP contribution >= 0.6 is 0 Å². The zero-order valence-electron chi connectivity index (χ0n) is 7.16. The van der Waals surface area contributed by atoms with Crippen LogP contribution in [0.1, 0.15) is 17.7 Å². The molecule has 4 heteroatoms. The highest BCUT2D eigenvalue weighted by Crippen LogP contribution is 2.14. The first-order valence-electron chi connectivity index (χ1n) is 4.27. The fourth-order valence-electron chi connectivity index (χ4n) is 1.65. The van der Waals surface area contributed by atoms with Crippen molar-refractivity contribution in [3.05, 3.63) is 27.9 Å². The fraction of sp³-hybridized carbons (Fsp3) is 0.444. The predicted molar refractivity (Wildman–Crippen MR) is 46.1 cm³/mol. The summed E-state index contributed by atoms with van der Waals surface area (Å²) >= 11 is 0. The highest BCUT2D eigenvalue weighted by atomic mass is 16.1. The van der Waals surface area contributed by atoms with Crippen molar-refractivity contribution in [1.29, 1.82) is 5.26 Å². The van der Waals surface area contributed by atoms with Crippen LogP contribution in [0.25, 0.3) is 0 Å². The monoisotopic (exact) mass is 175 g/mol. The van der Waals surface area contributed by atoms with Gasteiger partial charge in [-0.3, -0.25) is 9.36 Å². The van der Waals surface area contributed by atoms with Gasteiger partial charge in [-0.05, 0) is 19.3 Å². The van der Waals surface area contributed by atoms with Gasteiger partial charge in [0.15, 0.2) is 0 Å². The molecule has 0 bridgehead atoms. The molecule has 0 saturated heterocycles. The molecule has 1 aliphatic carbocycles. The third-order valence-corrected chi connectivity index (χ3v) is 2.30. The van der Waals surface area contributed by atoms with Gasteiger partial charge in [0.05, 0.1) is 18.1 Å². The number of hydrogen-bond donors (Lipinski definition) is 0. The quantitative estimate of drug-likeness (QED) is 0.615. The molecule has 0 saturated carbocycles. The van der Waals surface area contributed by atoms with Gasteiger partial charge in [0.2, 0.25) is 0 Å². The summed E-state index contributed by atoms with van der Waals surface area (Å²) in [6.07, 6.45) is 4.19. The molecule has 0 fully saturated rings. The normalized spacial score (nSPS) is 13.8. The first-order chi connectivity index (χ1) is 6.33. The molecule has 2 rings (SSSR count). The Hall–Kier alpha value is -1.63. The molecule has 1 aromatic heterocycles. The molecule has 1 heterocycles. The standard InChI is InChI=1S/C9H9N3O/c10-4-5-12-6-11-8-3-1-2-7(8)9(12)13/h6H,1-3,5H2. The molecule has 0 radical (unpaired) electrons. The number of fused-ring (bicyclic) bond motifs is 1. The number of aryl methyl sites for hydroxylation is 1. The Kier molecular flexibility index (Phi) is 1.85. The lowest BCUT2D eigenvalue weighted by Crippen LogP contribution is -2.23. The van der Waals surface area contributed by atoms with Crippen molar-refractivity contribution in [2.45, 2.75) is 25.8 Å². The van der Waals surface area contributed by atoms with E-state index in [1.807, 2.05) is 6.07 Å². The summed E-state index contributed by atoms with van der Waals surface area (Å²) in [6, 6.07) is 1.94. The van der Waals surface area contributed by atoms with Crippen molar-refractivity contribution in [1.82, 2.24) is 9.55 Å². The van der Waals surface area contributed by atoms with E-state index < -0.39 is 0 Å². The van der Waals surface area contributed by atoms with Crippen LogP contribution in [0.4, 0.5) is 0 Å². The van der Waals surface area contributed by atoms with E-state index in [4.69, 9.17) is 5.26 Å². The topological polar surface area (TPSA) is 58.7 Å². The molecule has 0 aromatic carbocycles. The van der Waals surface area contributed by atoms with Gasteiger partial charge in [0.25, 0.3) is 5.56 Å². The van der Waals surface area contributed by atoms with E-state index in [0.717, 1.165) is 30.5 Å². The Morgan fingerprint density at radius 2 is 2.46 bits per heavy atom. The first kappa shape index (κ1) is 7.99. The molecule has 66 valence electrons. The summed E-state index contributed by atoms with van der Waals surface area (Å²) in [6.45, 7) is 0.0963. The van der Waals surface area contributed by atoms with E-state index in [1.165, 1.54) is 10.9 Å². The largest absolute Gasteiger partial charge is 0.285 e. The number of nitrogens with zero attached hydrogens (tertiary/aromatic N) is 3. The van der Waals surface area contributed by atoms with Gasteiger partial charge in [-0.2, -0.15) is 5.26 Å². The lowest BCUT2D eigenvalue weighted by atomic mass is 10.2. The summed E-state index contributed by atoms with van der Waals surface area (Å²) in [7, 11) is 0. The van der Waals surface area contributed by atoms with E-state index in [-0.39, 0.29) is 12.1 Å². The van der Waals surface area contributed by atoms with Crippen LogP contribution < -0.4 is 5.56 Å². The maximum Gasteiger partial charge on any atom is 0.257 e. The molecule has 0 spiro atoms. The second-order valence-electron chi connectivity index (χ2n) is 3.11. The van der Waals surface area contributed by atoms with Crippen molar-refractivity contribution in [3.8, 4) is 6.07 Å². The van der Waals surface area contributed by atoms with E-state index in [9.17, 15) is 4.79 Å². The summed E-state index contributed by atoms with van der Waals surface area (Å²) in [5.41, 5.74) is 1.68. The van der Waals surface area contributed by atoms with Crippen LogP contribution in [-0.2, 0) is 19.4 Å². The number of aromatic nitrogens is 2. The highest BCUT2D eigenvalue weighted by molar-refractivity contribution is 5.21. The number of rotatable bonds is 1. The van der Waals surface area contributed by atoms with Crippen molar-refractivity contribution >= 4 is 0 Å². The molecule has 4 nitrogen and oxygen atoms in total. The van der Waals surface area contributed by atoms with Gasteiger partial charge in [-0.15, -0.1) is 0 Å². The lowest BCUT2D eigenvalue weighted by Gasteiger charge is -2.01. The van der Waals surface area contributed by atoms with Crippen LogP contribution in [0, 0.1) is 11.3 Å². The summed E-state index contributed by atoms with van der Waals surface area (Å²) in [5, 5.41) is 8.46. The fourth-order valence-corrected chi connectivity index (χ4v) is 1.65. The molecule has 0 aliphatic heterocycles. The van der Waals surface area contributed by atoms with E-state index >= 15 is 0 Å². The zero-order valence-corrected chi connectivity index (χ0v) is 7.16. The predicted octanol–water partition coefficient (Wildman–Crippen LogP) is 0.256. The Bertz CT molecular complexity index is 427. The van der Waals surface area contributed by atoms with Gasteiger partial charge in [0.1, 0.15) is 6.54 Å². The van der Waals surface area contributed by atoms with Crippen molar-refractivity contribution in [2.24, 2.45) is 0 Å². The smallest absolute Gasteiger partial charge is 0.257 e. The maximum absolute atomic E-state index is 11.6. The minimum absolute atomic E-state index is 0.0379. The van der Waals surface area contributed by atoms with Gasteiger partial charge in [0, 0.05) is 5.56 Å². The summed E-state index contributed by atoms with van der Waals surface area (Å²) in [5.74, 6) is 0. The van der Waals surface area contributed by atoms with Crippen LogP contribution in [0.3, 0.4) is 0 Å². The van der Waals surface area contributed by atoms with Gasteiger partial charge in [-0.1, -0.05) is 0 Å². The molecule has 1 aromatic rings. The molecular formula is C9H9N3O.